The van der Waals surface area contributed by atoms with Crippen LogP contribution in [0.4, 0.5) is 13.2 Å². The number of ether oxygens (including phenoxy) is 1. The fourth-order valence-electron chi connectivity index (χ4n) is 0.926. The van der Waals surface area contributed by atoms with E-state index < -0.39 is 23.9 Å². The SMILES string of the molecule is Cc1cc(I)c(C(=O)O)nc1OC(F)(F)F. The van der Waals surface area contributed by atoms with Crippen LogP contribution in [0.25, 0.3) is 0 Å². The highest BCUT2D eigenvalue weighted by molar-refractivity contribution is 14.1. The van der Waals surface area contributed by atoms with Crippen LogP contribution in [-0.4, -0.2) is 22.4 Å². The first-order chi connectivity index (χ1) is 7.20. The molecule has 1 rings (SSSR count). The van der Waals surface area contributed by atoms with E-state index in [1.54, 1.807) is 22.6 Å². The maximum absolute atomic E-state index is 11.9. The van der Waals surface area contributed by atoms with E-state index in [0.717, 1.165) is 0 Å². The van der Waals surface area contributed by atoms with E-state index in [-0.39, 0.29) is 9.13 Å². The molecule has 0 atom stereocenters. The number of carbonyl (C=O) groups is 1. The Hall–Kier alpha value is -1.06. The summed E-state index contributed by atoms with van der Waals surface area (Å²) in [6, 6.07) is 1.26. The van der Waals surface area contributed by atoms with Crippen molar-refractivity contribution in [1.29, 1.82) is 0 Å². The van der Waals surface area contributed by atoms with Crippen molar-refractivity contribution >= 4 is 28.6 Å². The molecule has 1 aromatic rings. The Morgan fingerprint density at radius 2 is 2.12 bits per heavy atom. The van der Waals surface area contributed by atoms with Crippen molar-refractivity contribution in [2.45, 2.75) is 13.3 Å². The number of hydrogen-bond donors (Lipinski definition) is 1. The second-order valence-corrected chi connectivity index (χ2v) is 3.96. The molecule has 0 bridgehead atoms. The van der Waals surface area contributed by atoms with E-state index in [0.29, 0.717) is 0 Å². The monoisotopic (exact) mass is 347 g/mol. The Bertz CT molecular complexity index is 433. The minimum absolute atomic E-state index is 0.117. The van der Waals surface area contributed by atoms with E-state index in [2.05, 4.69) is 9.72 Å². The first kappa shape index (κ1) is 13.0. The van der Waals surface area contributed by atoms with Crippen molar-refractivity contribution in [3.63, 3.8) is 0 Å². The lowest BCUT2D eigenvalue weighted by molar-refractivity contribution is -0.276. The van der Waals surface area contributed by atoms with Crippen LogP contribution in [0.2, 0.25) is 0 Å². The quantitative estimate of drug-likeness (QED) is 0.836. The lowest BCUT2D eigenvalue weighted by atomic mass is 10.2. The average Bonchev–Trinajstić information content (AvgIpc) is 2.07. The van der Waals surface area contributed by atoms with Crippen LogP contribution in [0.3, 0.4) is 0 Å². The Morgan fingerprint density at radius 3 is 2.56 bits per heavy atom. The van der Waals surface area contributed by atoms with Crippen LogP contribution in [0, 0.1) is 10.5 Å². The third-order valence-electron chi connectivity index (χ3n) is 1.54. The van der Waals surface area contributed by atoms with E-state index in [9.17, 15) is 18.0 Å². The van der Waals surface area contributed by atoms with Crippen molar-refractivity contribution in [3.05, 3.63) is 20.9 Å². The van der Waals surface area contributed by atoms with Gasteiger partial charge in [0.2, 0.25) is 5.88 Å². The molecule has 0 fully saturated rings. The molecular weight excluding hydrogens is 342 g/mol. The summed E-state index contributed by atoms with van der Waals surface area (Å²) in [4.78, 5) is 14.0. The first-order valence-corrected chi connectivity index (χ1v) is 4.95. The van der Waals surface area contributed by atoms with Gasteiger partial charge in [-0.1, -0.05) is 0 Å². The lowest BCUT2D eigenvalue weighted by Crippen LogP contribution is -2.19. The number of rotatable bonds is 2. The molecule has 0 aliphatic rings. The van der Waals surface area contributed by atoms with Crippen LogP contribution >= 0.6 is 22.6 Å². The molecule has 1 aromatic heterocycles. The van der Waals surface area contributed by atoms with Gasteiger partial charge in [0.15, 0.2) is 5.69 Å². The number of alkyl halides is 3. The fourth-order valence-corrected chi connectivity index (χ4v) is 1.74. The molecule has 0 saturated carbocycles. The largest absolute Gasteiger partial charge is 0.574 e. The van der Waals surface area contributed by atoms with Gasteiger partial charge in [-0.15, -0.1) is 13.2 Å². The third kappa shape index (κ3) is 3.22. The second kappa shape index (κ2) is 4.44. The van der Waals surface area contributed by atoms with Crippen LogP contribution < -0.4 is 4.74 Å². The molecule has 0 aliphatic carbocycles. The number of carboxylic acid groups (broad SMARTS) is 1. The van der Waals surface area contributed by atoms with Gasteiger partial charge in [-0.3, -0.25) is 0 Å². The van der Waals surface area contributed by atoms with E-state index in [1.165, 1.54) is 13.0 Å². The fraction of sp³-hybridized carbons (Fsp3) is 0.250. The van der Waals surface area contributed by atoms with Crippen molar-refractivity contribution in [3.8, 4) is 5.88 Å². The summed E-state index contributed by atoms with van der Waals surface area (Å²) < 4.78 is 39.7. The number of nitrogens with zero attached hydrogens (tertiary/aromatic N) is 1. The molecule has 0 aliphatic heterocycles. The molecule has 16 heavy (non-hydrogen) atoms. The number of aryl methyl sites for hydroxylation is 1. The predicted octanol–water partition coefficient (Wildman–Crippen LogP) is 2.59. The highest BCUT2D eigenvalue weighted by atomic mass is 127. The maximum Gasteiger partial charge on any atom is 0.574 e. The molecular formula is C8H5F3INO3. The minimum Gasteiger partial charge on any atom is -0.476 e. The molecule has 1 heterocycles. The molecule has 8 heteroatoms. The van der Waals surface area contributed by atoms with Crippen LogP contribution in [-0.2, 0) is 0 Å². The van der Waals surface area contributed by atoms with Crippen LogP contribution in [0.15, 0.2) is 6.07 Å². The lowest BCUT2D eigenvalue weighted by Gasteiger charge is -2.11. The second-order valence-electron chi connectivity index (χ2n) is 2.79. The summed E-state index contributed by atoms with van der Waals surface area (Å²) in [6.07, 6.45) is -4.89. The van der Waals surface area contributed by atoms with Crippen molar-refractivity contribution in [1.82, 2.24) is 4.98 Å². The van der Waals surface area contributed by atoms with E-state index in [4.69, 9.17) is 5.11 Å². The molecule has 0 spiro atoms. The van der Waals surface area contributed by atoms with Crippen LogP contribution in [0.5, 0.6) is 5.88 Å². The number of halogens is 4. The summed E-state index contributed by atoms with van der Waals surface area (Å²) in [5.74, 6) is -2.15. The van der Waals surface area contributed by atoms with Crippen molar-refractivity contribution in [2.24, 2.45) is 0 Å². The zero-order valence-electron chi connectivity index (χ0n) is 7.80. The number of carboxylic acids is 1. The Labute approximate surface area is 102 Å². The van der Waals surface area contributed by atoms with Gasteiger partial charge >= 0.3 is 12.3 Å². The number of hydrogen-bond acceptors (Lipinski definition) is 3. The highest BCUT2D eigenvalue weighted by Crippen LogP contribution is 2.26. The smallest absolute Gasteiger partial charge is 0.476 e. The van der Waals surface area contributed by atoms with Gasteiger partial charge in [-0.05, 0) is 35.6 Å². The van der Waals surface area contributed by atoms with Gasteiger partial charge in [0, 0.05) is 9.13 Å². The van der Waals surface area contributed by atoms with Gasteiger partial charge in [-0.2, -0.15) is 0 Å². The topological polar surface area (TPSA) is 59.4 Å². The number of aromatic nitrogens is 1. The third-order valence-corrected chi connectivity index (χ3v) is 2.36. The average molecular weight is 347 g/mol. The van der Waals surface area contributed by atoms with Gasteiger partial charge in [-0.25, -0.2) is 9.78 Å². The highest BCUT2D eigenvalue weighted by Gasteiger charge is 2.33. The maximum atomic E-state index is 11.9. The van der Waals surface area contributed by atoms with E-state index in [1.807, 2.05) is 0 Å². The normalized spacial score (nSPS) is 11.3. The molecule has 0 unspecified atom stereocenters. The van der Waals surface area contributed by atoms with Crippen molar-refractivity contribution < 1.29 is 27.8 Å². The predicted molar refractivity (Wildman–Crippen MR) is 55.3 cm³/mol. The van der Waals surface area contributed by atoms with Gasteiger partial charge in [0.25, 0.3) is 0 Å². The number of aromatic carboxylic acids is 1. The minimum atomic E-state index is -4.89. The van der Waals surface area contributed by atoms with Gasteiger partial charge < -0.3 is 9.84 Å². The molecule has 88 valence electrons. The molecule has 1 N–H and O–H groups in total. The Balaban J connectivity index is 3.20. The summed E-state index contributed by atoms with van der Waals surface area (Å²) in [6.45, 7) is 1.35. The molecule has 0 radical (unpaired) electrons. The summed E-state index contributed by atoms with van der Waals surface area (Å²) in [7, 11) is 0. The Morgan fingerprint density at radius 1 is 1.56 bits per heavy atom. The first-order valence-electron chi connectivity index (χ1n) is 3.87. The molecule has 0 amide bonds. The van der Waals surface area contributed by atoms with Crippen LogP contribution in [0.1, 0.15) is 16.1 Å². The Kier molecular flexibility index (Phi) is 3.61. The van der Waals surface area contributed by atoms with Gasteiger partial charge in [0.1, 0.15) is 0 Å². The molecule has 0 saturated heterocycles. The summed E-state index contributed by atoms with van der Waals surface area (Å²) >= 11 is 1.68. The summed E-state index contributed by atoms with van der Waals surface area (Å²) in [5, 5.41) is 8.68. The van der Waals surface area contributed by atoms with Crippen molar-refractivity contribution in [2.75, 3.05) is 0 Å². The summed E-state index contributed by atoms with van der Waals surface area (Å²) in [5.41, 5.74) is -0.350. The standard InChI is InChI=1S/C8H5F3INO3/c1-3-2-4(12)5(7(14)15)13-6(3)16-8(9,10)11/h2H,1H3,(H,14,15). The van der Waals surface area contributed by atoms with Gasteiger partial charge in [0.05, 0.1) is 0 Å². The molecule has 0 aromatic carbocycles. The zero-order valence-corrected chi connectivity index (χ0v) is 9.96. The molecule has 4 nitrogen and oxygen atoms in total. The number of pyridine rings is 1. The van der Waals surface area contributed by atoms with E-state index >= 15 is 0 Å². The zero-order chi connectivity index (χ0) is 12.5.